The third-order valence-electron chi connectivity index (χ3n) is 5.48. The molecule has 0 aliphatic carbocycles. The van der Waals surface area contributed by atoms with Crippen molar-refractivity contribution < 1.29 is 18.0 Å². The molecule has 3 heterocycles. The van der Waals surface area contributed by atoms with E-state index < -0.39 is 6.43 Å². The van der Waals surface area contributed by atoms with Crippen LogP contribution in [0.5, 0.6) is 0 Å². The van der Waals surface area contributed by atoms with Crippen molar-refractivity contribution >= 4 is 16.9 Å². The van der Waals surface area contributed by atoms with Gasteiger partial charge in [-0.25, -0.2) is 18.4 Å². The van der Waals surface area contributed by atoms with Gasteiger partial charge in [-0.05, 0) is 57.0 Å². The lowest BCUT2D eigenvalue weighted by atomic mass is 10.0. The molecule has 0 radical (unpaired) electrons. The molecule has 1 aromatic carbocycles. The number of amides is 1. The van der Waals surface area contributed by atoms with Gasteiger partial charge in [0.05, 0.1) is 23.4 Å². The minimum absolute atomic E-state index is 0.142. The van der Waals surface area contributed by atoms with Gasteiger partial charge in [0.15, 0.2) is 11.4 Å². The van der Waals surface area contributed by atoms with E-state index in [1.54, 1.807) is 19.1 Å². The zero-order valence-electron chi connectivity index (χ0n) is 18.3. The number of nitrogens with one attached hydrogen (secondary N) is 1. The second-order valence-electron chi connectivity index (χ2n) is 7.97. The molecular weight excluding hydrogens is 414 g/mol. The maximum absolute atomic E-state index is 13.8. The van der Waals surface area contributed by atoms with Crippen molar-refractivity contribution in [1.29, 1.82) is 0 Å². The molecule has 3 aromatic heterocycles. The standard InChI is InChI=1S/C24H24F2N4O2/c1-13-7-8-17(14(2)10-13)15(3)27-21(31)12-30-24-22(16(4)29-30)18(23(25)26)11-19(28-24)20-6-5-9-32-20/h5-11,15,23H,12H2,1-4H3,(H,27,31). The van der Waals surface area contributed by atoms with Gasteiger partial charge in [0.1, 0.15) is 12.2 Å². The number of carbonyl (C=O) groups excluding carboxylic acids is 1. The highest BCUT2D eigenvalue weighted by Gasteiger charge is 2.23. The van der Waals surface area contributed by atoms with Crippen LogP contribution in [-0.2, 0) is 11.3 Å². The van der Waals surface area contributed by atoms with Gasteiger partial charge in [-0.15, -0.1) is 0 Å². The van der Waals surface area contributed by atoms with Crippen LogP contribution in [0, 0.1) is 20.8 Å². The second kappa shape index (κ2) is 8.53. The highest BCUT2D eigenvalue weighted by atomic mass is 19.3. The first-order chi connectivity index (χ1) is 15.2. The summed E-state index contributed by atoms with van der Waals surface area (Å²) in [5, 5.41) is 7.55. The van der Waals surface area contributed by atoms with Gasteiger partial charge in [-0.3, -0.25) is 4.79 Å². The molecule has 0 aliphatic rings. The smallest absolute Gasteiger partial charge is 0.264 e. The summed E-state index contributed by atoms with van der Waals surface area (Å²) in [6.45, 7) is 7.42. The number of pyridine rings is 1. The Balaban J connectivity index is 1.66. The Labute approximate surface area is 184 Å². The average molecular weight is 438 g/mol. The summed E-state index contributed by atoms with van der Waals surface area (Å²) in [6, 6.07) is 10.5. The number of rotatable bonds is 6. The van der Waals surface area contributed by atoms with Gasteiger partial charge in [0.25, 0.3) is 6.43 Å². The molecule has 0 fully saturated rings. The quantitative estimate of drug-likeness (QED) is 0.436. The Bertz CT molecular complexity index is 1280. The number of fused-ring (bicyclic) bond motifs is 1. The molecule has 32 heavy (non-hydrogen) atoms. The van der Waals surface area contributed by atoms with Crippen LogP contribution in [0.3, 0.4) is 0 Å². The highest BCUT2D eigenvalue weighted by Crippen LogP contribution is 2.33. The molecule has 1 unspecified atom stereocenters. The molecule has 6 nitrogen and oxygen atoms in total. The molecule has 1 amide bonds. The maximum atomic E-state index is 13.8. The lowest BCUT2D eigenvalue weighted by Gasteiger charge is -2.17. The largest absolute Gasteiger partial charge is 0.463 e. The van der Waals surface area contributed by atoms with Crippen molar-refractivity contribution in [3.05, 3.63) is 70.6 Å². The predicted octanol–water partition coefficient (Wildman–Crippen LogP) is 5.43. The Kier molecular flexibility index (Phi) is 5.78. The summed E-state index contributed by atoms with van der Waals surface area (Å²) in [7, 11) is 0. The molecule has 8 heteroatoms. The van der Waals surface area contributed by atoms with E-state index in [1.165, 1.54) is 17.0 Å². The summed E-state index contributed by atoms with van der Waals surface area (Å²) in [4.78, 5) is 17.3. The van der Waals surface area contributed by atoms with Gasteiger partial charge in [-0.1, -0.05) is 23.8 Å². The van der Waals surface area contributed by atoms with Gasteiger partial charge >= 0.3 is 0 Å². The average Bonchev–Trinajstić information content (AvgIpc) is 3.36. The van der Waals surface area contributed by atoms with Gasteiger partial charge in [0.2, 0.25) is 5.91 Å². The van der Waals surface area contributed by atoms with Crippen molar-refractivity contribution in [2.24, 2.45) is 0 Å². The number of benzene rings is 1. The maximum Gasteiger partial charge on any atom is 0.264 e. The zero-order chi connectivity index (χ0) is 23.0. The van der Waals surface area contributed by atoms with Crippen LogP contribution in [0.2, 0.25) is 0 Å². The lowest BCUT2D eigenvalue weighted by molar-refractivity contribution is -0.122. The van der Waals surface area contributed by atoms with E-state index in [2.05, 4.69) is 21.5 Å². The van der Waals surface area contributed by atoms with Crippen molar-refractivity contribution in [3.8, 4) is 11.5 Å². The molecule has 0 aliphatic heterocycles. The lowest BCUT2D eigenvalue weighted by Crippen LogP contribution is -2.30. The van der Waals surface area contributed by atoms with E-state index in [9.17, 15) is 13.6 Å². The fourth-order valence-corrected chi connectivity index (χ4v) is 4.03. The zero-order valence-corrected chi connectivity index (χ0v) is 18.3. The van der Waals surface area contributed by atoms with E-state index >= 15 is 0 Å². The number of hydrogen-bond donors (Lipinski definition) is 1. The van der Waals surface area contributed by atoms with Gasteiger partial charge in [-0.2, -0.15) is 5.10 Å². The minimum Gasteiger partial charge on any atom is -0.463 e. The molecular formula is C24H24F2N4O2. The van der Waals surface area contributed by atoms with E-state index in [1.807, 2.05) is 32.9 Å². The number of carbonyl (C=O) groups is 1. The molecule has 1 N–H and O–H groups in total. The Hall–Kier alpha value is -3.55. The molecule has 4 rings (SSSR count). The number of halogens is 2. The SMILES string of the molecule is Cc1ccc(C(C)NC(=O)Cn2nc(C)c3c(C(F)F)cc(-c4ccco4)nc32)c(C)c1. The molecule has 4 aromatic rings. The molecule has 1 atom stereocenters. The van der Waals surface area contributed by atoms with Crippen LogP contribution < -0.4 is 5.32 Å². The first-order valence-electron chi connectivity index (χ1n) is 10.3. The normalized spacial score (nSPS) is 12.5. The molecule has 166 valence electrons. The van der Waals surface area contributed by atoms with E-state index in [0.29, 0.717) is 11.5 Å². The number of aryl methyl sites for hydroxylation is 3. The van der Waals surface area contributed by atoms with E-state index in [4.69, 9.17) is 4.42 Å². The van der Waals surface area contributed by atoms with Crippen LogP contribution in [0.4, 0.5) is 8.78 Å². The van der Waals surface area contributed by atoms with E-state index in [0.717, 1.165) is 16.7 Å². The molecule has 0 saturated carbocycles. The number of hydrogen-bond acceptors (Lipinski definition) is 4. The van der Waals surface area contributed by atoms with Crippen molar-refractivity contribution in [2.45, 2.75) is 46.7 Å². The number of furan rings is 1. The summed E-state index contributed by atoms with van der Waals surface area (Å²) in [5.41, 5.74) is 3.95. The van der Waals surface area contributed by atoms with Crippen molar-refractivity contribution in [1.82, 2.24) is 20.1 Å². The summed E-state index contributed by atoms with van der Waals surface area (Å²) < 4.78 is 34.3. The summed E-state index contributed by atoms with van der Waals surface area (Å²) >= 11 is 0. The topological polar surface area (TPSA) is 73.0 Å². The fourth-order valence-electron chi connectivity index (χ4n) is 4.03. The van der Waals surface area contributed by atoms with Gasteiger partial charge in [0, 0.05) is 5.56 Å². The summed E-state index contributed by atoms with van der Waals surface area (Å²) in [6.07, 6.45) is -1.27. The molecule has 0 bridgehead atoms. The van der Waals surface area contributed by atoms with Crippen LogP contribution in [0.15, 0.2) is 47.1 Å². The predicted molar refractivity (Wildman–Crippen MR) is 117 cm³/mol. The third kappa shape index (κ3) is 4.12. The first-order valence-corrected chi connectivity index (χ1v) is 10.3. The second-order valence-corrected chi connectivity index (χ2v) is 7.97. The van der Waals surface area contributed by atoms with Crippen molar-refractivity contribution in [3.63, 3.8) is 0 Å². The monoisotopic (exact) mass is 438 g/mol. The number of aromatic nitrogens is 3. The van der Waals surface area contributed by atoms with E-state index in [-0.39, 0.29) is 40.8 Å². The molecule has 0 spiro atoms. The highest BCUT2D eigenvalue weighted by molar-refractivity contribution is 5.86. The molecule has 0 saturated heterocycles. The third-order valence-corrected chi connectivity index (χ3v) is 5.48. The first kappa shape index (κ1) is 21.7. The van der Waals surface area contributed by atoms with Crippen LogP contribution in [-0.4, -0.2) is 20.7 Å². The van der Waals surface area contributed by atoms with Crippen LogP contribution >= 0.6 is 0 Å². The summed E-state index contributed by atoms with van der Waals surface area (Å²) in [5.74, 6) is 0.0813. The van der Waals surface area contributed by atoms with Crippen LogP contribution in [0.25, 0.3) is 22.5 Å². The fraction of sp³-hybridized carbons (Fsp3) is 0.292. The number of nitrogens with zero attached hydrogens (tertiary/aromatic N) is 3. The number of alkyl halides is 2. The van der Waals surface area contributed by atoms with Crippen LogP contribution in [0.1, 0.15) is 47.3 Å². The Morgan fingerprint density at radius 1 is 1.16 bits per heavy atom. The van der Waals surface area contributed by atoms with Crippen molar-refractivity contribution in [2.75, 3.05) is 0 Å². The van der Waals surface area contributed by atoms with Gasteiger partial charge < -0.3 is 9.73 Å². The minimum atomic E-state index is -2.72. The Morgan fingerprint density at radius 2 is 1.94 bits per heavy atom. The Morgan fingerprint density at radius 3 is 2.59 bits per heavy atom.